The highest BCUT2D eigenvalue weighted by Crippen LogP contribution is 2.70. The van der Waals surface area contributed by atoms with E-state index >= 15 is 0 Å². The van der Waals surface area contributed by atoms with Crippen LogP contribution in [0.1, 0.15) is 52.9 Å². The van der Waals surface area contributed by atoms with Gasteiger partial charge >= 0.3 is 0 Å². The summed E-state index contributed by atoms with van der Waals surface area (Å²) in [5.41, 5.74) is 0.342. The summed E-state index contributed by atoms with van der Waals surface area (Å²) in [5, 5.41) is 0.241. The van der Waals surface area contributed by atoms with Crippen LogP contribution >= 0.6 is 0 Å². The molecule has 0 aromatic rings. The Kier molecular flexibility index (Phi) is 3.37. The smallest absolute Gasteiger partial charge is 0.192 e. The van der Waals surface area contributed by atoms with Crippen molar-refractivity contribution in [2.45, 2.75) is 77.1 Å². The van der Waals surface area contributed by atoms with Crippen LogP contribution in [0.5, 0.6) is 0 Å². The third kappa shape index (κ3) is 2.18. The molecule has 4 aliphatic carbocycles. The monoisotopic (exact) mass is 332 g/mol. The molecular weight excluding hydrogens is 300 g/mol. The Labute approximate surface area is 142 Å². The van der Waals surface area contributed by atoms with Gasteiger partial charge in [-0.05, 0) is 73.1 Å². The molecule has 0 aliphatic heterocycles. The molecule has 128 valence electrons. The maximum absolute atomic E-state index is 12.7. The molecule has 0 unspecified atom stereocenters. The maximum Gasteiger partial charge on any atom is 0.192 e. The zero-order chi connectivity index (χ0) is 16.6. The van der Waals surface area contributed by atoms with Crippen LogP contribution in [-0.4, -0.2) is 20.2 Å². The Morgan fingerprint density at radius 3 is 2.43 bits per heavy atom. The molecule has 0 aromatic carbocycles. The van der Waals surface area contributed by atoms with Crippen molar-refractivity contribution in [2.75, 3.05) is 0 Å². The summed E-state index contributed by atoms with van der Waals surface area (Å²) in [6.45, 7) is 11.7. The van der Waals surface area contributed by atoms with E-state index in [-0.39, 0.29) is 11.0 Å². The van der Waals surface area contributed by atoms with Gasteiger partial charge in [0.25, 0.3) is 0 Å². The summed E-state index contributed by atoms with van der Waals surface area (Å²) < 4.78 is 6.97. The Balaban J connectivity index is 1.70. The summed E-state index contributed by atoms with van der Waals surface area (Å²) in [4.78, 5) is 12.7. The van der Waals surface area contributed by atoms with Gasteiger partial charge < -0.3 is 4.43 Å². The maximum atomic E-state index is 12.7. The molecule has 23 heavy (non-hydrogen) atoms. The zero-order valence-electron chi connectivity index (χ0n) is 15.4. The topological polar surface area (TPSA) is 26.3 Å². The fraction of sp³-hybridized carbons (Fsp3) is 0.850. The summed E-state index contributed by atoms with van der Waals surface area (Å²) in [6.07, 6.45) is 10.9. The van der Waals surface area contributed by atoms with E-state index in [1.807, 2.05) is 6.08 Å². The first-order valence-corrected chi connectivity index (χ1v) is 12.5. The molecule has 4 bridgehead atoms. The number of hydrogen-bond donors (Lipinski definition) is 0. The van der Waals surface area contributed by atoms with Gasteiger partial charge in [0.2, 0.25) is 0 Å². The molecule has 0 heterocycles. The Morgan fingerprint density at radius 1 is 1.17 bits per heavy atom. The SMILES string of the molecule is CC(C)(C)[Si](C)(C)O[C@H]1[C@H]2CCC[C@@H]1[C@H]1C(=O)C=C[C@@H]2C12CC2. The molecular formula is C20H32O2Si. The van der Waals surface area contributed by atoms with Crippen LogP contribution in [-0.2, 0) is 9.22 Å². The molecule has 0 aromatic heterocycles. The highest BCUT2D eigenvalue weighted by Gasteiger charge is 2.68. The molecule has 2 nitrogen and oxygen atoms in total. The first-order valence-electron chi connectivity index (χ1n) is 9.57. The van der Waals surface area contributed by atoms with E-state index < -0.39 is 8.32 Å². The van der Waals surface area contributed by atoms with Gasteiger partial charge in [-0.25, -0.2) is 0 Å². The molecule has 0 N–H and O–H groups in total. The Morgan fingerprint density at radius 2 is 1.83 bits per heavy atom. The molecule has 3 heteroatoms. The summed E-state index contributed by atoms with van der Waals surface area (Å²) in [6, 6.07) is 0. The van der Waals surface area contributed by atoms with Gasteiger partial charge in [-0.15, -0.1) is 0 Å². The average Bonchev–Trinajstić information content (AvgIpc) is 3.19. The van der Waals surface area contributed by atoms with Crippen molar-refractivity contribution >= 4 is 14.1 Å². The van der Waals surface area contributed by atoms with Crippen LogP contribution in [0.25, 0.3) is 0 Å². The second-order valence-electron chi connectivity index (χ2n) is 10.1. The van der Waals surface area contributed by atoms with Crippen LogP contribution in [0.4, 0.5) is 0 Å². The van der Waals surface area contributed by atoms with Crippen molar-refractivity contribution in [2.24, 2.45) is 29.1 Å². The zero-order valence-corrected chi connectivity index (χ0v) is 16.4. The molecule has 1 spiro atoms. The Hall–Kier alpha value is -0.413. The minimum Gasteiger partial charge on any atom is -0.413 e. The second kappa shape index (κ2) is 4.82. The lowest BCUT2D eigenvalue weighted by atomic mass is 9.51. The summed E-state index contributed by atoms with van der Waals surface area (Å²) >= 11 is 0. The van der Waals surface area contributed by atoms with E-state index in [1.54, 1.807) is 0 Å². The van der Waals surface area contributed by atoms with Crippen molar-refractivity contribution in [3.63, 3.8) is 0 Å². The molecule has 4 aliphatic rings. The summed E-state index contributed by atoms with van der Waals surface area (Å²) in [7, 11) is -1.79. The highest BCUT2D eigenvalue weighted by molar-refractivity contribution is 6.74. The number of ketones is 1. The molecule has 3 saturated carbocycles. The number of allylic oxidation sites excluding steroid dienone is 2. The van der Waals surface area contributed by atoms with Gasteiger partial charge in [-0.3, -0.25) is 4.79 Å². The standard InChI is InChI=1S/C20H32O2Si/c1-19(2,3)23(4,5)22-18-13-7-6-8-14(18)17-16(21)10-9-15(13)20(17)11-12-20/h9-10,13-15,17-18H,6-8,11-12H2,1-5H3/t13-,14+,15-,17-,18-/m0/s1. The number of fused-ring (bicyclic) bond motifs is 4. The fourth-order valence-corrected chi connectivity index (χ4v) is 7.03. The molecule has 3 fully saturated rings. The first-order chi connectivity index (χ1) is 10.7. The van der Waals surface area contributed by atoms with Gasteiger partial charge in [-0.2, -0.15) is 0 Å². The van der Waals surface area contributed by atoms with Crippen LogP contribution in [0.2, 0.25) is 18.1 Å². The van der Waals surface area contributed by atoms with E-state index in [9.17, 15) is 4.79 Å². The van der Waals surface area contributed by atoms with Gasteiger partial charge in [-0.1, -0.05) is 33.3 Å². The van der Waals surface area contributed by atoms with Crippen molar-refractivity contribution < 1.29 is 9.22 Å². The van der Waals surface area contributed by atoms with Crippen molar-refractivity contribution in [1.82, 2.24) is 0 Å². The minimum absolute atomic E-state index is 0.241. The first kappa shape index (κ1) is 16.1. The lowest BCUT2D eigenvalue weighted by Gasteiger charge is -2.57. The second-order valence-corrected chi connectivity index (χ2v) is 14.9. The van der Waals surface area contributed by atoms with Crippen molar-refractivity contribution in [3.05, 3.63) is 12.2 Å². The van der Waals surface area contributed by atoms with Crippen LogP contribution < -0.4 is 0 Å². The van der Waals surface area contributed by atoms with E-state index in [1.165, 1.54) is 32.1 Å². The third-order valence-electron chi connectivity index (χ3n) is 7.93. The number of carbonyl (C=O) groups is 1. The van der Waals surface area contributed by atoms with Crippen LogP contribution in [0.15, 0.2) is 12.2 Å². The molecule has 4 rings (SSSR count). The normalized spacial score (nSPS) is 41.3. The number of rotatable bonds is 2. The number of carbonyl (C=O) groups excluding carboxylic acids is 1. The van der Waals surface area contributed by atoms with Crippen molar-refractivity contribution in [3.8, 4) is 0 Å². The lowest BCUT2D eigenvalue weighted by molar-refractivity contribution is -0.143. The van der Waals surface area contributed by atoms with Gasteiger partial charge in [0.1, 0.15) is 0 Å². The number of hydrogen-bond acceptors (Lipinski definition) is 2. The van der Waals surface area contributed by atoms with E-state index in [4.69, 9.17) is 4.43 Å². The van der Waals surface area contributed by atoms with Gasteiger partial charge in [0, 0.05) is 5.92 Å². The quantitative estimate of drug-likeness (QED) is 0.668. The largest absolute Gasteiger partial charge is 0.413 e. The fourth-order valence-electron chi connectivity index (χ4n) is 5.65. The predicted octanol–water partition coefficient (Wildman–Crippen LogP) is 4.96. The minimum atomic E-state index is -1.79. The van der Waals surface area contributed by atoms with E-state index in [2.05, 4.69) is 39.9 Å². The molecule has 0 radical (unpaired) electrons. The van der Waals surface area contributed by atoms with Crippen LogP contribution in [0.3, 0.4) is 0 Å². The van der Waals surface area contributed by atoms with E-state index in [0.29, 0.717) is 35.1 Å². The predicted molar refractivity (Wildman–Crippen MR) is 95.7 cm³/mol. The summed E-state index contributed by atoms with van der Waals surface area (Å²) in [5.74, 6) is 2.43. The van der Waals surface area contributed by atoms with Crippen LogP contribution in [0, 0.1) is 29.1 Å². The van der Waals surface area contributed by atoms with Gasteiger partial charge in [0.15, 0.2) is 14.1 Å². The highest BCUT2D eigenvalue weighted by atomic mass is 28.4. The molecule has 0 amide bonds. The van der Waals surface area contributed by atoms with E-state index in [0.717, 1.165) is 0 Å². The Bertz CT molecular complexity index is 552. The third-order valence-corrected chi connectivity index (χ3v) is 12.4. The molecule has 5 atom stereocenters. The average molecular weight is 333 g/mol. The molecule has 0 saturated heterocycles. The van der Waals surface area contributed by atoms with Crippen molar-refractivity contribution in [1.29, 1.82) is 0 Å². The lowest BCUT2D eigenvalue weighted by Crippen LogP contribution is -2.60. The van der Waals surface area contributed by atoms with Gasteiger partial charge in [0.05, 0.1) is 6.10 Å².